The monoisotopic (exact) mass is 210 g/mol. The molecule has 2 aromatic heterocycles. The number of nitrogens with zero attached hydrogens (tertiary/aromatic N) is 3. The normalized spacial score (nSPS) is 9.50. The standard InChI is InChI=1S/C12H10N4/c1-9-11(3-2-5-15-9)16-12-8-14-6-4-10(12)7-13/h2-6,8,16H,1H3. The molecule has 2 heterocycles. The molecule has 0 spiro atoms. The van der Waals surface area contributed by atoms with Crippen molar-refractivity contribution < 1.29 is 0 Å². The summed E-state index contributed by atoms with van der Waals surface area (Å²) in [4.78, 5) is 8.15. The molecule has 2 rings (SSSR count). The molecule has 78 valence electrons. The highest BCUT2D eigenvalue weighted by Gasteiger charge is 2.03. The van der Waals surface area contributed by atoms with Gasteiger partial charge in [-0.15, -0.1) is 0 Å². The lowest BCUT2D eigenvalue weighted by Gasteiger charge is -2.08. The van der Waals surface area contributed by atoms with Gasteiger partial charge in [-0.05, 0) is 25.1 Å². The van der Waals surface area contributed by atoms with E-state index in [-0.39, 0.29) is 0 Å². The van der Waals surface area contributed by atoms with Gasteiger partial charge in [0.2, 0.25) is 0 Å². The maximum absolute atomic E-state index is 8.93. The third kappa shape index (κ3) is 1.98. The van der Waals surface area contributed by atoms with Gasteiger partial charge >= 0.3 is 0 Å². The number of pyridine rings is 2. The van der Waals surface area contributed by atoms with Crippen molar-refractivity contribution in [3.63, 3.8) is 0 Å². The van der Waals surface area contributed by atoms with Crippen molar-refractivity contribution in [2.75, 3.05) is 5.32 Å². The average Bonchev–Trinajstić information content (AvgIpc) is 2.33. The molecule has 1 N–H and O–H groups in total. The predicted molar refractivity (Wildman–Crippen MR) is 61.2 cm³/mol. The van der Waals surface area contributed by atoms with E-state index in [9.17, 15) is 0 Å². The van der Waals surface area contributed by atoms with E-state index in [1.165, 1.54) is 0 Å². The molecule has 0 atom stereocenters. The van der Waals surface area contributed by atoms with Gasteiger partial charge in [-0.2, -0.15) is 5.26 Å². The molecule has 4 heteroatoms. The van der Waals surface area contributed by atoms with Crippen LogP contribution < -0.4 is 5.32 Å². The van der Waals surface area contributed by atoms with Gasteiger partial charge in [-0.1, -0.05) is 0 Å². The molecule has 0 fully saturated rings. The lowest BCUT2D eigenvalue weighted by molar-refractivity contribution is 1.19. The van der Waals surface area contributed by atoms with E-state index in [0.717, 1.165) is 11.4 Å². The van der Waals surface area contributed by atoms with E-state index in [4.69, 9.17) is 5.26 Å². The first kappa shape index (κ1) is 10.1. The zero-order valence-corrected chi connectivity index (χ0v) is 8.81. The fraction of sp³-hybridized carbons (Fsp3) is 0.0833. The van der Waals surface area contributed by atoms with E-state index < -0.39 is 0 Å². The van der Waals surface area contributed by atoms with Crippen LogP contribution in [0.2, 0.25) is 0 Å². The molecule has 0 saturated heterocycles. The highest BCUT2D eigenvalue weighted by atomic mass is 14.9. The first-order valence-corrected chi connectivity index (χ1v) is 4.84. The minimum atomic E-state index is 0.568. The van der Waals surface area contributed by atoms with E-state index in [1.54, 1.807) is 24.7 Å². The van der Waals surface area contributed by atoms with Crippen LogP contribution in [0.1, 0.15) is 11.3 Å². The molecule has 0 bridgehead atoms. The quantitative estimate of drug-likeness (QED) is 0.826. The molecule has 0 unspecified atom stereocenters. The van der Waals surface area contributed by atoms with Crippen LogP contribution in [0, 0.1) is 18.3 Å². The second kappa shape index (κ2) is 4.41. The Hall–Kier alpha value is -2.41. The van der Waals surface area contributed by atoms with Crippen LogP contribution in [0.15, 0.2) is 36.8 Å². The Bertz CT molecular complexity index is 543. The van der Waals surface area contributed by atoms with Crippen molar-refractivity contribution in [1.82, 2.24) is 9.97 Å². The summed E-state index contributed by atoms with van der Waals surface area (Å²) in [6.07, 6.45) is 4.96. The highest BCUT2D eigenvalue weighted by Crippen LogP contribution is 2.20. The summed E-state index contributed by atoms with van der Waals surface area (Å²) in [5.74, 6) is 0. The Morgan fingerprint density at radius 2 is 2.12 bits per heavy atom. The van der Waals surface area contributed by atoms with Crippen molar-refractivity contribution in [2.24, 2.45) is 0 Å². The Labute approximate surface area is 93.6 Å². The van der Waals surface area contributed by atoms with Gasteiger partial charge in [0, 0.05) is 12.4 Å². The van der Waals surface area contributed by atoms with Crippen LogP contribution in [0.3, 0.4) is 0 Å². The molecule has 0 aliphatic heterocycles. The molecule has 2 aromatic rings. The summed E-state index contributed by atoms with van der Waals surface area (Å²) in [7, 11) is 0. The molecule has 0 aromatic carbocycles. The topological polar surface area (TPSA) is 61.6 Å². The maximum Gasteiger partial charge on any atom is 0.101 e. The zero-order valence-electron chi connectivity index (χ0n) is 8.81. The lowest BCUT2D eigenvalue weighted by atomic mass is 10.2. The largest absolute Gasteiger partial charge is 0.352 e. The van der Waals surface area contributed by atoms with Crippen LogP contribution in [0.5, 0.6) is 0 Å². The Morgan fingerprint density at radius 1 is 1.25 bits per heavy atom. The van der Waals surface area contributed by atoms with Gasteiger partial charge in [0.1, 0.15) is 6.07 Å². The van der Waals surface area contributed by atoms with Crippen molar-refractivity contribution in [3.05, 3.63) is 48.0 Å². The molecule has 4 nitrogen and oxygen atoms in total. The summed E-state index contributed by atoms with van der Waals surface area (Å²) in [5, 5.41) is 12.1. The molecular weight excluding hydrogens is 200 g/mol. The SMILES string of the molecule is Cc1ncccc1Nc1cnccc1C#N. The lowest BCUT2D eigenvalue weighted by Crippen LogP contribution is -1.97. The van der Waals surface area contributed by atoms with Crippen molar-refractivity contribution in [3.8, 4) is 6.07 Å². The van der Waals surface area contributed by atoms with Crippen LogP contribution in [-0.2, 0) is 0 Å². The minimum Gasteiger partial charge on any atom is -0.352 e. The molecular formula is C12H10N4. The van der Waals surface area contributed by atoms with Gasteiger partial charge in [-0.3, -0.25) is 9.97 Å². The Balaban J connectivity index is 2.35. The van der Waals surface area contributed by atoms with Gasteiger partial charge < -0.3 is 5.32 Å². The fourth-order valence-electron chi connectivity index (χ4n) is 1.35. The van der Waals surface area contributed by atoms with Crippen molar-refractivity contribution >= 4 is 11.4 Å². The number of hydrogen-bond acceptors (Lipinski definition) is 4. The predicted octanol–water partition coefficient (Wildman–Crippen LogP) is 2.40. The van der Waals surface area contributed by atoms with E-state index in [1.807, 2.05) is 19.1 Å². The van der Waals surface area contributed by atoms with Crippen LogP contribution in [0.25, 0.3) is 0 Å². The first-order chi connectivity index (χ1) is 7.81. The Kier molecular flexibility index (Phi) is 2.79. The highest BCUT2D eigenvalue weighted by molar-refractivity contribution is 5.66. The Morgan fingerprint density at radius 3 is 2.88 bits per heavy atom. The number of aryl methyl sites for hydroxylation is 1. The third-order valence-corrected chi connectivity index (χ3v) is 2.22. The van der Waals surface area contributed by atoms with Gasteiger partial charge in [-0.25, -0.2) is 0 Å². The second-order valence-electron chi connectivity index (χ2n) is 3.29. The summed E-state index contributed by atoms with van der Waals surface area (Å²) >= 11 is 0. The third-order valence-electron chi connectivity index (χ3n) is 2.22. The molecule has 0 saturated carbocycles. The maximum atomic E-state index is 8.93. The van der Waals surface area contributed by atoms with Crippen LogP contribution in [0.4, 0.5) is 11.4 Å². The fourth-order valence-corrected chi connectivity index (χ4v) is 1.35. The van der Waals surface area contributed by atoms with E-state index in [2.05, 4.69) is 21.4 Å². The van der Waals surface area contributed by atoms with Crippen LogP contribution in [-0.4, -0.2) is 9.97 Å². The van der Waals surface area contributed by atoms with Gasteiger partial charge in [0.25, 0.3) is 0 Å². The summed E-state index contributed by atoms with van der Waals surface area (Å²) < 4.78 is 0. The summed E-state index contributed by atoms with van der Waals surface area (Å²) in [6.45, 7) is 1.91. The minimum absolute atomic E-state index is 0.568. The van der Waals surface area contributed by atoms with E-state index in [0.29, 0.717) is 11.3 Å². The number of nitrogens with one attached hydrogen (secondary N) is 1. The second-order valence-corrected chi connectivity index (χ2v) is 3.29. The molecule has 0 radical (unpaired) electrons. The smallest absolute Gasteiger partial charge is 0.101 e. The number of anilines is 2. The van der Waals surface area contributed by atoms with Gasteiger partial charge in [0.05, 0.1) is 28.8 Å². The number of aromatic nitrogens is 2. The molecule has 0 amide bonds. The number of nitriles is 1. The average molecular weight is 210 g/mol. The van der Waals surface area contributed by atoms with Crippen molar-refractivity contribution in [1.29, 1.82) is 5.26 Å². The first-order valence-electron chi connectivity index (χ1n) is 4.84. The number of hydrogen-bond donors (Lipinski definition) is 1. The van der Waals surface area contributed by atoms with Crippen molar-refractivity contribution in [2.45, 2.75) is 6.92 Å². The molecule has 0 aliphatic rings. The van der Waals surface area contributed by atoms with Gasteiger partial charge in [0.15, 0.2) is 0 Å². The van der Waals surface area contributed by atoms with Crippen LogP contribution >= 0.6 is 0 Å². The molecule has 16 heavy (non-hydrogen) atoms. The van der Waals surface area contributed by atoms with E-state index >= 15 is 0 Å². The summed E-state index contributed by atoms with van der Waals surface area (Å²) in [5.41, 5.74) is 3.03. The summed E-state index contributed by atoms with van der Waals surface area (Å²) in [6, 6.07) is 7.55. The molecule has 0 aliphatic carbocycles. The number of rotatable bonds is 2. The zero-order chi connectivity index (χ0) is 11.4.